The van der Waals surface area contributed by atoms with Gasteiger partial charge < -0.3 is 9.47 Å². The Morgan fingerprint density at radius 2 is 1.75 bits per heavy atom. The van der Waals surface area contributed by atoms with Gasteiger partial charge in [0.25, 0.3) is 0 Å². The Labute approximate surface area is 135 Å². The molecule has 0 saturated heterocycles. The second-order valence-electron chi connectivity index (χ2n) is 4.86. The van der Waals surface area contributed by atoms with Crippen LogP contribution in [-0.4, -0.2) is 16.8 Å². The van der Waals surface area contributed by atoms with Crippen LogP contribution in [0.3, 0.4) is 0 Å². The second kappa shape index (κ2) is 6.66. The fourth-order valence-corrected chi connectivity index (χ4v) is 2.24. The minimum Gasteiger partial charge on any atom is -0.493 e. The highest BCUT2D eigenvalue weighted by molar-refractivity contribution is 5.74. The molecule has 24 heavy (non-hydrogen) atoms. The third kappa shape index (κ3) is 3.19. The monoisotopic (exact) mass is 334 g/mol. The molecular formula is C17H13F3N2O2. The van der Waals surface area contributed by atoms with Crippen LogP contribution in [0.15, 0.2) is 42.6 Å². The first-order chi connectivity index (χ1) is 11.6. The molecule has 1 N–H and O–H groups in total. The molecule has 7 heteroatoms. The summed E-state index contributed by atoms with van der Waals surface area (Å²) in [6.07, 6.45) is 1.51. The molecule has 0 aliphatic heterocycles. The third-order valence-electron chi connectivity index (χ3n) is 3.21. The molecule has 0 bridgehead atoms. The molecule has 0 radical (unpaired) electrons. The SMILES string of the molecule is CCOc1cc(F)cc(Oc2ccc(F)cc2F)c1-c1ccn[nH]1. The van der Waals surface area contributed by atoms with E-state index in [1.54, 1.807) is 13.0 Å². The first-order valence-electron chi connectivity index (χ1n) is 7.17. The van der Waals surface area contributed by atoms with Crippen molar-refractivity contribution in [1.82, 2.24) is 10.2 Å². The molecule has 0 fully saturated rings. The smallest absolute Gasteiger partial charge is 0.168 e. The summed E-state index contributed by atoms with van der Waals surface area (Å²) in [4.78, 5) is 0. The van der Waals surface area contributed by atoms with Gasteiger partial charge in [0.05, 0.1) is 17.9 Å². The molecule has 1 aromatic heterocycles. The molecule has 0 saturated carbocycles. The van der Waals surface area contributed by atoms with Crippen LogP contribution in [0.25, 0.3) is 11.3 Å². The fourth-order valence-electron chi connectivity index (χ4n) is 2.24. The molecule has 0 aliphatic carbocycles. The number of aromatic nitrogens is 2. The molecule has 3 rings (SSSR count). The molecule has 124 valence electrons. The molecule has 0 aliphatic rings. The minimum absolute atomic E-state index is 0.0215. The Hall–Kier alpha value is -2.96. The maximum absolute atomic E-state index is 13.9. The van der Waals surface area contributed by atoms with E-state index < -0.39 is 17.5 Å². The normalized spacial score (nSPS) is 10.7. The summed E-state index contributed by atoms with van der Waals surface area (Å²) in [6, 6.07) is 6.82. The highest BCUT2D eigenvalue weighted by Gasteiger charge is 2.19. The molecule has 0 atom stereocenters. The van der Waals surface area contributed by atoms with Gasteiger partial charge in [-0.05, 0) is 25.1 Å². The summed E-state index contributed by atoms with van der Waals surface area (Å²) >= 11 is 0. The number of nitrogens with one attached hydrogen (secondary N) is 1. The third-order valence-corrected chi connectivity index (χ3v) is 3.21. The van der Waals surface area contributed by atoms with Gasteiger partial charge in [-0.25, -0.2) is 13.2 Å². The zero-order chi connectivity index (χ0) is 17.1. The summed E-state index contributed by atoms with van der Waals surface area (Å²) in [5.41, 5.74) is 0.899. The van der Waals surface area contributed by atoms with Gasteiger partial charge in [-0.1, -0.05) is 0 Å². The summed E-state index contributed by atoms with van der Waals surface area (Å²) in [5, 5.41) is 6.58. The van der Waals surface area contributed by atoms with Crippen LogP contribution in [0.5, 0.6) is 17.2 Å². The van der Waals surface area contributed by atoms with Crippen molar-refractivity contribution in [2.45, 2.75) is 6.92 Å². The van der Waals surface area contributed by atoms with E-state index in [-0.39, 0.29) is 17.2 Å². The van der Waals surface area contributed by atoms with E-state index in [9.17, 15) is 13.2 Å². The van der Waals surface area contributed by atoms with Gasteiger partial charge in [-0.15, -0.1) is 0 Å². The highest BCUT2D eigenvalue weighted by Crippen LogP contribution is 2.41. The lowest BCUT2D eigenvalue weighted by Gasteiger charge is -2.15. The average Bonchev–Trinajstić information content (AvgIpc) is 3.04. The van der Waals surface area contributed by atoms with Crippen LogP contribution >= 0.6 is 0 Å². The number of hydrogen-bond acceptors (Lipinski definition) is 3. The second-order valence-corrected chi connectivity index (χ2v) is 4.86. The van der Waals surface area contributed by atoms with Crippen molar-refractivity contribution in [2.24, 2.45) is 0 Å². The van der Waals surface area contributed by atoms with Gasteiger partial charge in [-0.2, -0.15) is 5.10 Å². The van der Waals surface area contributed by atoms with E-state index in [1.807, 2.05) is 0 Å². The van der Waals surface area contributed by atoms with E-state index in [2.05, 4.69) is 10.2 Å². The van der Waals surface area contributed by atoms with Gasteiger partial charge in [-0.3, -0.25) is 5.10 Å². The van der Waals surface area contributed by atoms with Gasteiger partial charge in [0.15, 0.2) is 11.6 Å². The fraction of sp³-hybridized carbons (Fsp3) is 0.118. The number of aromatic amines is 1. The Bertz CT molecular complexity index is 851. The van der Waals surface area contributed by atoms with Gasteiger partial charge in [0, 0.05) is 24.4 Å². The first-order valence-corrected chi connectivity index (χ1v) is 7.17. The Balaban J connectivity index is 2.12. The molecule has 0 spiro atoms. The summed E-state index contributed by atoms with van der Waals surface area (Å²) in [7, 11) is 0. The van der Waals surface area contributed by atoms with Gasteiger partial charge in [0.2, 0.25) is 0 Å². The van der Waals surface area contributed by atoms with Crippen molar-refractivity contribution in [3.05, 3.63) is 60.0 Å². The van der Waals surface area contributed by atoms with Crippen LogP contribution in [0.1, 0.15) is 6.92 Å². The summed E-state index contributed by atoms with van der Waals surface area (Å²) in [5.74, 6) is -2.23. The summed E-state index contributed by atoms with van der Waals surface area (Å²) < 4.78 is 51.7. The van der Waals surface area contributed by atoms with Crippen molar-refractivity contribution in [3.8, 4) is 28.5 Å². The zero-order valence-corrected chi connectivity index (χ0v) is 12.6. The average molecular weight is 334 g/mol. The number of halogens is 3. The lowest BCUT2D eigenvalue weighted by atomic mass is 10.1. The lowest BCUT2D eigenvalue weighted by molar-refractivity contribution is 0.337. The first kappa shape index (κ1) is 15.9. The van der Waals surface area contributed by atoms with Crippen LogP contribution < -0.4 is 9.47 Å². The van der Waals surface area contributed by atoms with Crippen molar-refractivity contribution in [1.29, 1.82) is 0 Å². The lowest BCUT2D eigenvalue weighted by Crippen LogP contribution is -1.99. The minimum atomic E-state index is -0.896. The quantitative estimate of drug-likeness (QED) is 0.737. The van der Waals surface area contributed by atoms with E-state index in [0.717, 1.165) is 18.2 Å². The van der Waals surface area contributed by atoms with Crippen LogP contribution in [0.2, 0.25) is 0 Å². The molecule has 0 unspecified atom stereocenters. The zero-order valence-electron chi connectivity index (χ0n) is 12.6. The molecule has 4 nitrogen and oxygen atoms in total. The van der Waals surface area contributed by atoms with Crippen LogP contribution in [0, 0.1) is 17.5 Å². The van der Waals surface area contributed by atoms with Crippen LogP contribution in [-0.2, 0) is 0 Å². The number of benzene rings is 2. The van der Waals surface area contributed by atoms with Crippen molar-refractivity contribution in [2.75, 3.05) is 6.61 Å². The van der Waals surface area contributed by atoms with E-state index in [0.29, 0.717) is 23.9 Å². The topological polar surface area (TPSA) is 47.1 Å². The van der Waals surface area contributed by atoms with Crippen molar-refractivity contribution >= 4 is 0 Å². The Kier molecular flexibility index (Phi) is 4.41. The molecule has 3 aromatic rings. The van der Waals surface area contributed by atoms with Crippen molar-refractivity contribution in [3.63, 3.8) is 0 Å². The number of H-pyrrole nitrogens is 1. The van der Waals surface area contributed by atoms with E-state index in [1.165, 1.54) is 12.3 Å². The molecular weight excluding hydrogens is 321 g/mol. The predicted molar refractivity (Wildman–Crippen MR) is 81.6 cm³/mol. The number of hydrogen-bond donors (Lipinski definition) is 1. The molecule has 0 amide bonds. The number of rotatable bonds is 5. The Morgan fingerprint density at radius 3 is 2.42 bits per heavy atom. The van der Waals surface area contributed by atoms with Crippen LogP contribution in [0.4, 0.5) is 13.2 Å². The largest absolute Gasteiger partial charge is 0.493 e. The predicted octanol–water partition coefficient (Wildman–Crippen LogP) is 4.69. The van der Waals surface area contributed by atoms with Crippen molar-refractivity contribution < 1.29 is 22.6 Å². The van der Waals surface area contributed by atoms with E-state index >= 15 is 0 Å². The standard InChI is InChI=1S/C17H13F3N2O2/c1-2-23-15-8-11(19)9-16(17(15)13-5-6-21-22-13)24-14-4-3-10(18)7-12(14)20/h3-9H,2H2,1H3,(H,21,22). The molecule has 2 aromatic carbocycles. The number of nitrogens with zero attached hydrogens (tertiary/aromatic N) is 1. The van der Waals surface area contributed by atoms with E-state index in [4.69, 9.17) is 9.47 Å². The number of ether oxygens (including phenoxy) is 2. The molecule has 1 heterocycles. The highest BCUT2D eigenvalue weighted by atomic mass is 19.1. The Morgan fingerprint density at radius 1 is 0.958 bits per heavy atom. The maximum atomic E-state index is 13.9. The van der Waals surface area contributed by atoms with Gasteiger partial charge in [0.1, 0.15) is 23.1 Å². The summed E-state index contributed by atoms with van der Waals surface area (Å²) in [6.45, 7) is 2.05. The maximum Gasteiger partial charge on any atom is 0.168 e. The van der Waals surface area contributed by atoms with Gasteiger partial charge >= 0.3 is 0 Å².